The second-order valence-corrected chi connectivity index (χ2v) is 5.10. The molecule has 1 aliphatic rings. The van der Waals surface area contributed by atoms with Crippen LogP contribution in [0.1, 0.15) is 27.2 Å². The third-order valence-corrected chi connectivity index (χ3v) is 3.74. The summed E-state index contributed by atoms with van der Waals surface area (Å²) in [5, 5.41) is 13.0. The molecule has 1 N–H and O–H groups in total. The van der Waals surface area contributed by atoms with Gasteiger partial charge < -0.3 is 14.5 Å². The molecule has 108 valence electrons. The lowest BCUT2D eigenvalue weighted by molar-refractivity contribution is -0.142. The first-order valence-corrected chi connectivity index (χ1v) is 6.59. The van der Waals surface area contributed by atoms with Gasteiger partial charge in [-0.1, -0.05) is 29.4 Å². The first-order chi connectivity index (χ1) is 10.1. The van der Waals surface area contributed by atoms with Crippen LogP contribution in [-0.2, 0) is 17.8 Å². The molecular formula is C15H14N2O4. The van der Waals surface area contributed by atoms with Crippen molar-refractivity contribution in [3.05, 3.63) is 52.9 Å². The Morgan fingerprint density at radius 2 is 2.05 bits per heavy atom. The van der Waals surface area contributed by atoms with Gasteiger partial charge in [0.1, 0.15) is 6.04 Å². The fourth-order valence-electron chi connectivity index (χ4n) is 2.58. The van der Waals surface area contributed by atoms with E-state index in [9.17, 15) is 14.7 Å². The van der Waals surface area contributed by atoms with Crippen LogP contribution in [0.2, 0.25) is 0 Å². The zero-order valence-corrected chi connectivity index (χ0v) is 11.4. The summed E-state index contributed by atoms with van der Waals surface area (Å²) in [6.07, 6.45) is 1.74. The minimum Gasteiger partial charge on any atom is -0.480 e. The van der Waals surface area contributed by atoms with Gasteiger partial charge in [-0.05, 0) is 18.1 Å². The van der Waals surface area contributed by atoms with Crippen molar-refractivity contribution < 1.29 is 19.2 Å². The van der Waals surface area contributed by atoms with E-state index in [0.29, 0.717) is 12.0 Å². The molecule has 0 radical (unpaired) electrons. The molecule has 0 fully saturated rings. The molecule has 0 saturated carbocycles. The molecule has 1 aromatic carbocycles. The summed E-state index contributed by atoms with van der Waals surface area (Å²) in [5.74, 6) is -1.36. The number of aliphatic carboxylic acids is 1. The number of rotatable bonds is 2. The van der Waals surface area contributed by atoms with Crippen LogP contribution in [0.4, 0.5) is 0 Å². The molecular weight excluding hydrogens is 272 g/mol. The van der Waals surface area contributed by atoms with E-state index in [0.717, 1.165) is 11.1 Å². The quantitative estimate of drug-likeness (QED) is 0.907. The number of aryl methyl sites for hydroxylation is 1. The maximum Gasteiger partial charge on any atom is 0.326 e. The van der Waals surface area contributed by atoms with E-state index in [1.54, 1.807) is 6.92 Å². The van der Waals surface area contributed by atoms with Crippen molar-refractivity contribution in [2.75, 3.05) is 0 Å². The number of carboxylic acid groups (broad SMARTS) is 1. The zero-order valence-electron chi connectivity index (χ0n) is 11.4. The highest BCUT2D eigenvalue weighted by Gasteiger charge is 2.36. The van der Waals surface area contributed by atoms with Crippen LogP contribution in [0, 0.1) is 6.92 Å². The van der Waals surface area contributed by atoms with Crippen molar-refractivity contribution >= 4 is 11.9 Å². The van der Waals surface area contributed by atoms with Crippen molar-refractivity contribution in [3.63, 3.8) is 0 Å². The molecule has 6 heteroatoms. The second kappa shape index (κ2) is 5.05. The van der Waals surface area contributed by atoms with Crippen LogP contribution in [-0.4, -0.2) is 33.1 Å². The average molecular weight is 286 g/mol. The molecule has 2 aromatic rings. The summed E-state index contributed by atoms with van der Waals surface area (Å²) in [4.78, 5) is 25.4. The standard InChI is InChI=1S/C15H14N2O4/c1-9-7-16-21-13(9)14(18)17-8-11-5-3-2-4-10(11)6-12(17)15(19)20/h2-5,7,12H,6,8H2,1H3,(H,19,20)/t12-/m1/s1. The normalized spacial score (nSPS) is 17.4. The Kier molecular flexibility index (Phi) is 3.21. The Bertz CT molecular complexity index is 707. The van der Waals surface area contributed by atoms with Crippen molar-refractivity contribution in [2.45, 2.75) is 25.9 Å². The topological polar surface area (TPSA) is 83.6 Å². The van der Waals surface area contributed by atoms with Crippen LogP contribution in [0.5, 0.6) is 0 Å². The molecule has 1 aliphatic heterocycles. The van der Waals surface area contributed by atoms with Crippen LogP contribution in [0.15, 0.2) is 35.0 Å². The summed E-state index contributed by atoms with van der Waals surface area (Å²) >= 11 is 0. The van der Waals surface area contributed by atoms with Gasteiger partial charge in [0.25, 0.3) is 5.91 Å². The number of nitrogens with zero attached hydrogens (tertiary/aromatic N) is 2. The first kappa shape index (κ1) is 13.4. The molecule has 1 amide bonds. The fraction of sp³-hybridized carbons (Fsp3) is 0.267. The van der Waals surface area contributed by atoms with Crippen molar-refractivity contribution in [2.24, 2.45) is 0 Å². The number of fused-ring (bicyclic) bond motifs is 1. The van der Waals surface area contributed by atoms with Gasteiger partial charge in [-0.25, -0.2) is 4.79 Å². The molecule has 6 nitrogen and oxygen atoms in total. The van der Waals surface area contributed by atoms with Gasteiger partial charge in [-0.3, -0.25) is 4.79 Å². The van der Waals surface area contributed by atoms with E-state index >= 15 is 0 Å². The highest BCUT2D eigenvalue weighted by Crippen LogP contribution is 2.25. The third-order valence-electron chi connectivity index (χ3n) is 3.74. The lowest BCUT2D eigenvalue weighted by Crippen LogP contribution is -2.48. The Morgan fingerprint density at radius 1 is 1.33 bits per heavy atom. The predicted octanol–water partition coefficient (Wildman–Crippen LogP) is 1.63. The summed E-state index contributed by atoms with van der Waals surface area (Å²) < 4.78 is 4.96. The van der Waals surface area contributed by atoms with Crippen LogP contribution >= 0.6 is 0 Å². The van der Waals surface area contributed by atoms with Crippen LogP contribution < -0.4 is 0 Å². The lowest BCUT2D eigenvalue weighted by Gasteiger charge is -2.33. The summed E-state index contributed by atoms with van der Waals surface area (Å²) in [6, 6.07) is 6.66. The van der Waals surface area contributed by atoms with E-state index in [2.05, 4.69) is 5.16 Å². The highest BCUT2D eigenvalue weighted by atomic mass is 16.5. The largest absolute Gasteiger partial charge is 0.480 e. The maximum atomic E-state index is 12.5. The number of carboxylic acids is 1. The van der Waals surface area contributed by atoms with E-state index in [1.165, 1.54) is 11.1 Å². The number of amides is 1. The molecule has 21 heavy (non-hydrogen) atoms. The molecule has 0 saturated heterocycles. The van der Waals surface area contributed by atoms with E-state index < -0.39 is 17.9 Å². The van der Waals surface area contributed by atoms with Crippen LogP contribution in [0.25, 0.3) is 0 Å². The molecule has 1 aromatic heterocycles. The van der Waals surface area contributed by atoms with Gasteiger partial charge in [0.15, 0.2) is 0 Å². The smallest absolute Gasteiger partial charge is 0.326 e. The summed E-state index contributed by atoms with van der Waals surface area (Å²) in [7, 11) is 0. The van der Waals surface area contributed by atoms with E-state index in [-0.39, 0.29) is 12.3 Å². The Labute approximate surface area is 121 Å². The lowest BCUT2D eigenvalue weighted by atomic mass is 9.93. The molecule has 0 spiro atoms. The fourth-order valence-corrected chi connectivity index (χ4v) is 2.58. The Morgan fingerprint density at radius 3 is 2.67 bits per heavy atom. The average Bonchev–Trinajstić information content (AvgIpc) is 2.91. The van der Waals surface area contributed by atoms with Gasteiger partial charge >= 0.3 is 5.97 Å². The monoisotopic (exact) mass is 286 g/mol. The van der Waals surface area contributed by atoms with Gasteiger partial charge in [0, 0.05) is 18.5 Å². The number of carbonyl (C=O) groups is 2. The number of aromatic nitrogens is 1. The van der Waals surface area contributed by atoms with Crippen LogP contribution in [0.3, 0.4) is 0 Å². The third kappa shape index (κ3) is 2.29. The Hall–Kier alpha value is -2.63. The molecule has 0 unspecified atom stereocenters. The highest BCUT2D eigenvalue weighted by molar-refractivity contribution is 5.95. The maximum absolute atomic E-state index is 12.5. The van der Waals surface area contributed by atoms with Crippen molar-refractivity contribution in [1.29, 1.82) is 0 Å². The molecule has 0 aliphatic carbocycles. The molecule has 0 bridgehead atoms. The SMILES string of the molecule is Cc1cnoc1C(=O)N1Cc2ccccc2C[C@@H]1C(=O)O. The molecule has 1 atom stereocenters. The molecule has 2 heterocycles. The number of benzene rings is 1. The number of carbonyl (C=O) groups excluding carboxylic acids is 1. The second-order valence-electron chi connectivity index (χ2n) is 5.10. The van der Waals surface area contributed by atoms with E-state index in [4.69, 9.17) is 4.52 Å². The number of hydrogen-bond acceptors (Lipinski definition) is 4. The number of hydrogen-bond donors (Lipinski definition) is 1. The van der Waals surface area contributed by atoms with Gasteiger partial charge in [-0.15, -0.1) is 0 Å². The van der Waals surface area contributed by atoms with Gasteiger partial charge in [0.05, 0.1) is 6.20 Å². The zero-order chi connectivity index (χ0) is 15.0. The van der Waals surface area contributed by atoms with Crippen molar-refractivity contribution in [3.8, 4) is 0 Å². The summed E-state index contributed by atoms with van der Waals surface area (Å²) in [5.41, 5.74) is 2.52. The van der Waals surface area contributed by atoms with Gasteiger partial charge in [-0.2, -0.15) is 0 Å². The van der Waals surface area contributed by atoms with E-state index in [1.807, 2.05) is 24.3 Å². The minimum absolute atomic E-state index is 0.0978. The minimum atomic E-state index is -1.02. The van der Waals surface area contributed by atoms with Gasteiger partial charge in [0.2, 0.25) is 5.76 Å². The molecule has 3 rings (SSSR count). The van der Waals surface area contributed by atoms with Crippen molar-refractivity contribution in [1.82, 2.24) is 10.1 Å². The predicted molar refractivity (Wildman–Crippen MR) is 72.7 cm³/mol. The first-order valence-electron chi connectivity index (χ1n) is 6.59. The Balaban J connectivity index is 1.98. The summed E-state index contributed by atoms with van der Waals surface area (Å²) in [6.45, 7) is 1.96.